The molecule has 0 saturated carbocycles. The van der Waals surface area contributed by atoms with Gasteiger partial charge in [0, 0.05) is 5.92 Å². The third kappa shape index (κ3) is 0.766. The van der Waals surface area contributed by atoms with Crippen molar-refractivity contribution >= 4 is 0 Å². The second-order valence-corrected chi connectivity index (χ2v) is 2.60. The smallest absolute Gasteiger partial charge is 0.122 e. The third-order valence-corrected chi connectivity index (χ3v) is 1.98. The van der Waals surface area contributed by atoms with Gasteiger partial charge < -0.3 is 4.74 Å². The molecule has 0 fully saturated rings. The second kappa shape index (κ2) is 1.90. The Hall–Kier alpha value is -0.720. The van der Waals surface area contributed by atoms with Crippen LogP contribution in [0.3, 0.4) is 0 Å². The summed E-state index contributed by atoms with van der Waals surface area (Å²) in [5.74, 6) is 0.676. The predicted octanol–water partition coefficient (Wildman–Crippen LogP) is 1.87. The molecule has 0 bridgehead atoms. The topological polar surface area (TPSA) is 9.23 Å². The Kier molecular flexibility index (Phi) is 1.08. The average Bonchev–Trinajstić information content (AvgIpc) is 2.33. The molecule has 2 unspecified atom stereocenters. The molecule has 48 valence electrons. The lowest BCUT2D eigenvalue weighted by molar-refractivity contribution is 0.169. The van der Waals surface area contributed by atoms with Gasteiger partial charge in [-0.05, 0) is 25.0 Å². The highest BCUT2D eigenvalue weighted by Gasteiger charge is 2.23. The largest absolute Gasteiger partial charge is 0.494 e. The minimum Gasteiger partial charge on any atom is -0.494 e. The van der Waals surface area contributed by atoms with E-state index < -0.39 is 0 Å². The molecule has 0 aromatic heterocycles. The summed E-state index contributed by atoms with van der Waals surface area (Å²) in [5, 5.41) is 0. The predicted molar refractivity (Wildman–Crippen MR) is 35.9 cm³/mol. The van der Waals surface area contributed by atoms with E-state index in [9.17, 15) is 0 Å². The first-order chi connectivity index (χ1) is 4.47. The molecule has 1 aliphatic heterocycles. The standard InChI is InChI=1S/C8H10O/c1-2-4-8-7(3-1)5-6-9-8/h2,4-8H,1,3H2. The number of hydrogen-bond donors (Lipinski definition) is 0. The second-order valence-electron chi connectivity index (χ2n) is 2.60. The van der Waals surface area contributed by atoms with Crippen LogP contribution >= 0.6 is 0 Å². The van der Waals surface area contributed by atoms with Gasteiger partial charge in [0.25, 0.3) is 0 Å². The molecule has 2 aliphatic rings. The highest BCUT2D eigenvalue weighted by atomic mass is 16.5. The molecule has 1 heterocycles. The van der Waals surface area contributed by atoms with Crippen LogP contribution < -0.4 is 0 Å². The van der Waals surface area contributed by atoms with Crippen molar-refractivity contribution in [3.05, 3.63) is 24.5 Å². The van der Waals surface area contributed by atoms with E-state index in [1.165, 1.54) is 12.8 Å². The van der Waals surface area contributed by atoms with Gasteiger partial charge in [-0.15, -0.1) is 0 Å². The minimum absolute atomic E-state index is 0.374. The maximum Gasteiger partial charge on any atom is 0.122 e. The number of hydrogen-bond acceptors (Lipinski definition) is 1. The first-order valence-corrected chi connectivity index (χ1v) is 3.45. The molecule has 1 nitrogen and oxygen atoms in total. The summed E-state index contributed by atoms with van der Waals surface area (Å²) in [5.41, 5.74) is 0. The molecular formula is C8H10O. The van der Waals surface area contributed by atoms with Crippen LogP contribution in [0.2, 0.25) is 0 Å². The van der Waals surface area contributed by atoms with E-state index in [0.717, 1.165) is 0 Å². The fourth-order valence-corrected chi connectivity index (χ4v) is 1.42. The molecule has 0 aromatic carbocycles. The summed E-state index contributed by atoms with van der Waals surface area (Å²) in [6.45, 7) is 0. The molecule has 9 heavy (non-hydrogen) atoms. The van der Waals surface area contributed by atoms with E-state index in [2.05, 4.69) is 18.2 Å². The highest BCUT2D eigenvalue weighted by Crippen LogP contribution is 2.27. The van der Waals surface area contributed by atoms with Gasteiger partial charge >= 0.3 is 0 Å². The van der Waals surface area contributed by atoms with Gasteiger partial charge in [-0.25, -0.2) is 0 Å². The first kappa shape index (κ1) is 5.10. The monoisotopic (exact) mass is 122 g/mol. The van der Waals surface area contributed by atoms with Gasteiger partial charge in [0.2, 0.25) is 0 Å². The molecule has 0 amide bonds. The Bertz CT molecular complexity index is 158. The molecule has 0 radical (unpaired) electrons. The molecule has 0 spiro atoms. The molecule has 2 rings (SSSR count). The third-order valence-electron chi connectivity index (χ3n) is 1.98. The van der Waals surface area contributed by atoms with Crippen LogP contribution in [0.15, 0.2) is 24.5 Å². The summed E-state index contributed by atoms with van der Waals surface area (Å²) in [7, 11) is 0. The Labute approximate surface area is 55.0 Å². The van der Waals surface area contributed by atoms with Crippen LogP contribution in [0.5, 0.6) is 0 Å². The summed E-state index contributed by atoms with van der Waals surface area (Å²) >= 11 is 0. The first-order valence-electron chi connectivity index (χ1n) is 3.45. The van der Waals surface area contributed by atoms with Crippen LogP contribution in [0.25, 0.3) is 0 Å². The molecular weight excluding hydrogens is 112 g/mol. The Morgan fingerprint density at radius 2 is 2.33 bits per heavy atom. The average molecular weight is 122 g/mol. The highest BCUT2D eigenvalue weighted by molar-refractivity contribution is 5.08. The van der Waals surface area contributed by atoms with Crippen molar-refractivity contribution in [2.75, 3.05) is 0 Å². The zero-order valence-corrected chi connectivity index (χ0v) is 5.29. The zero-order chi connectivity index (χ0) is 6.10. The lowest BCUT2D eigenvalue weighted by Crippen LogP contribution is -2.15. The summed E-state index contributed by atoms with van der Waals surface area (Å²) < 4.78 is 5.29. The quantitative estimate of drug-likeness (QED) is 0.446. The lowest BCUT2D eigenvalue weighted by atomic mass is 9.93. The van der Waals surface area contributed by atoms with E-state index in [0.29, 0.717) is 12.0 Å². The number of ether oxygens (including phenoxy) is 1. The van der Waals surface area contributed by atoms with Gasteiger partial charge in [-0.3, -0.25) is 0 Å². The Morgan fingerprint density at radius 1 is 1.33 bits per heavy atom. The van der Waals surface area contributed by atoms with Crippen molar-refractivity contribution in [1.82, 2.24) is 0 Å². The van der Waals surface area contributed by atoms with Crippen molar-refractivity contribution in [2.24, 2.45) is 5.92 Å². The summed E-state index contributed by atoms with van der Waals surface area (Å²) in [6.07, 6.45) is 11.2. The van der Waals surface area contributed by atoms with E-state index in [1.807, 2.05) is 6.26 Å². The van der Waals surface area contributed by atoms with Gasteiger partial charge in [0.15, 0.2) is 0 Å². The van der Waals surface area contributed by atoms with Crippen molar-refractivity contribution in [3.8, 4) is 0 Å². The van der Waals surface area contributed by atoms with Crippen molar-refractivity contribution in [2.45, 2.75) is 18.9 Å². The summed E-state index contributed by atoms with van der Waals surface area (Å²) in [6, 6.07) is 0. The number of rotatable bonds is 0. The van der Waals surface area contributed by atoms with Crippen LogP contribution in [-0.2, 0) is 4.74 Å². The van der Waals surface area contributed by atoms with Crippen LogP contribution in [-0.4, -0.2) is 6.10 Å². The van der Waals surface area contributed by atoms with E-state index in [-0.39, 0.29) is 0 Å². The zero-order valence-electron chi connectivity index (χ0n) is 5.29. The van der Waals surface area contributed by atoms with Crippen molar-refractivity contribution < 1.29 is 4.74 Å². The van der Waals surface area contributed by atoms with Crippen molar-refractivity contribution in [1.29, 1.82) is 0 Å². The molecule has 0 aromatic rings. The Morgan fingerprint density at radius 3 is 3.22 bits per heavy atom. The van der Waals surface area contributed by atoms with Gasteiger partial charge in [0.1, 0.15) is 6.10 Å². The van der Waals surface area contributed by atoms with Crippen LogP contribution in [0, 0.1) is 5.92 Å². The number of allylic oxidation sites excluding steroid dienone is 1. The van der Waals surface area contributed by atoms with E-state index in [4.69, 9.17) is 4.74 Å². The normalized spacial score (nSPS) is 38.2. The van der Waals surface area contributed by atoms with E-state index >= 15 is 0 Å². The maximum atomic E-state index is 5.29. The van der Waals surface area contributed by atoms with E-state index in [1.54, 1.807) is 0 Å². The van der Waals surface area contributed by atoms with Crippen LogP contribution in [0.4, 0.5) is 0 Å². The molecule has 0 N–H and O–H groups in total. The summed E-state index contributed by atoms with van der Waals surface area (Å²) in [4.78, 5) is 0. The van der Waals surface area contributed by atoms with Crippen LogP contribution in [0.1, 0.15) is 12.8 Å². The Balaban J connectivity index is 2.16. The fourth-order valence-electron chi connectivity index (χ4n) is 1.42. The fraction of sp³-hybridized carbons (Fsp3) is 0.500. The minimum atomic E-state index is 0.374. The SMILES string of the molecule is C1=CC2OC=CC2CC1. The molecule has 0 saturated heterocycles. The molecule has 1 heteroatoms. The number of fused-ring (bicyclic) bond motifs is 1. The maximum absolute atomic E-state index is 5.29. The van der Waals surface area contributed by atoms with Gasteiger partial charge in [-0.2, -0.15) is 0 Å². The molecule has 2 atom stereocenters. The van der Waals surface area contributed by atoms with Gasteiger partial charge in [-0.1, -0.05) is 6.08 Å². The lowest BCUT2D eigenvalue weighted by Gasteiger charge is -2.17. The molecule has 1 aliphatic carbocycles. The van der Waals surface area contributed by atoms with Gasteiger partial charge in [0.05, 0.1) is 6.26 Å². The van der Waals surface area contributed by atoms with Crippen molar-refractivity contribution in [3.63, 3.8) is 0 Å².